The van der Waals surface area contributed by atoms with Crippen LogP contribution in [0.3, 0.4) is 0 Å². The minimum atomic E-state index is -1.05. The number of carboxylic acid groups (broad SMARTS) is 1. The molecule has 1 unspecified atom stereocenters. The van der Waals surface area contributed by atoms with Crippen LogP contribution >= 0.6 is 15.9 Å². The fourth-order valence-electron chi connectivity index (χ4n) is 2.35. The van der Waals surface area contributed by atoms with Crippen molar-refractivity contribution in [3.05, 3.63) is 46.2 Å². The van der Waals surface area contributed by atoms with Crippen molar-refractivity contribution >= 4 is 27.8 Å². The van der Waals surface area contributed by atoms with Crippen molar-refractivity contribution in [1.82, 2.24) is 19.9 Å². The Bertz CT molecular complexity index is 715. The van der Waals surface area contributed by atoms with Crippen LogP contribution in [0.25, 0.3) is 0 Å². The maximum absolute atomic E-state index is 12.6. The molecule has 1 amide bonds. The largest absolute Gasteiger partial charge is 0.480 e. The van der Waals surface area contributed by atoms with E-state index < -0.39 is 17.9 Å². The molecule has 0 aliphatic carbocycles. The van der Waals surface area contributed by atoms with E-state index in [1.165, 1.54) is 17.4 Å². The van der Waals surface area contributed by atoms with Gasteiger partial charge in [-0.25, -0.2) is 14.8 Å². The summed E-state index contributed by atoms with van der Waals surface area (Å²) in [5, 5.41) is 9.37. The Kier molecular flexibility index (Phi) is 3.46. The molecule has 1 aliphatic heterocycles. The predicted octanol–water partition coefficient (Wildman–Crippen LogP) is 1.22. The maximum atomic E-state index is 12.6. The number of pyridine rings is 1. The number of carboxylic acids is 1. The smallest absolute Gasteiger partial charge is 0.326 e. The quantitative estimate of drug-likeness (QED) is 0.848. The molecule has 0 aromatic carbocycles. The molecule has 3 rings (SSSR count). The molecule has 0 saturated heterocycles. The lowest BCUT2D eigenvalue weighted by Crippen LogP contribution is -2.49. The predicted molar refractivity (Wildman–Crippen MR) is 75.5 cm³/mol. The number of carbonyl (C=O) groups is 2. The molecule has 3 heterocycles. The SMILES string of the molecule is O=C(O)C1Cc2nc[nH]c2CN1C(=O)c1ncccc1Br. The highest BCUT2D eigenvalue weighted by molar-refractivity contribution is 9.10. The molecule has 1 atom stereocenters. The molecule has 8 heteroatoms. The first-order valence-corrected chi connectivity index (χ1v) is 7.02. The number of amides is 1. The van der Waals surface area contributed by atoms with Gasteiger partial charge in [-0.2, -0.15) is 0 Å². The van der Waals surface area contributed by atoms with Crippen molar-refractivity contribution < 1.29 is 14.7 Å². The Labute approximate surface area is 128 Å². The normalized spacial score (nSPS) is 17.4. The summed E-state index contributed by atoms with van der Waals surface area (Å²) in [6.45, 7) is 0.175. The van der Waals surface area contributed by atoms with Gasteiger partial charge in [-0.15, -0.1) is 0 Å². The lowest BCUT2D eigenvalue weighted by atomic mass is 10.0. The summed E-state index contributed by atoms with van der Waals surface area (Å²) in [5.41, 5.74) is 1.64. The Morgan fingerprint density at radius 2 is 2.24 bits per heavy atom. The number of hydrogen-bond donors (Lipinski definition) is 2. The Morgan fingerprint density at radius 1 is 1.43 bits per heavy atom. The summed E-state index contributed by atoms with van der Waals surface area (Å²) in [6, 6.07) is 2.45. The summed E-state index contributed by atoms with van der Waals surface area (Å²) in [4.78, 5) is 36.4. The molecule has 2 aromatic heterocycles. The van der Waals surface area contributed by atoms with Crippen LogP contribution in [0.4, 0.5) is 0 Å². The van der Waals surface area contributed by atoms with E-state index in [2.05, 4.69) is 30.9 Å². The van der Waals surface area contributed by atoms with Gasteiger partial charge in [-0.05, 0) is 28.1 Å². The summed E-state index contributed by atoms with van der Waals surface area (Å²) < 4.78 is 0.537. The zero-order valence-electron chi connectivity index (χ0n) is 10.8. The van der Waals surface area contributed by atoms with Gasteiger partial charge >= 0.3 is 5.97 Å². The molecule has 21 heavy (non-hydrogen) atoms. The van der Waals surface area contributed by atoms with Gasteiger partial charge in [0.15, 0.2) is 0 Å². The standard InChI is InChI=1S/C13H11BrN4O3/c14-7-2-1-3-15-11(7)12(19)18-5-9-8(16-6-17-9)4-10(18)13(20)21/h1-3,6,10H,4-5H2,(H,16,17)(H,20,21). The van der Waals surface area contributed by atoms with Crippen molar-refractivity contribution in [2.45, 2.75) is 19.0 Å². The van der Waals surface area contributed by atoms with E-state index in [0.717, 1.165) is 5.69 Å². The highest BCUT2D eigenvalue weighted by Gasteiger charge is 2.37. The highest BCUT2D eigenvalue weighted by atomic mass is 79.9. The van der Waals surface area contributed by atoms with Gasteiger partial charge in [0.1, 0.15) is 11.7 Å². The topological polar surface area (TPSA) is 99.2 Å². The highest BCUT2D eigenvalue weighted by Crippen LogP contribution is 2.24. The molecule has 1 aliphatic rings. The first-order chi connectivity index (χ1) is 10.1. The van der Waals surface area contributed by atoms with Crippen LogP contribution in [0, 0.1) is 0 Å². The van der Waals surface area contributed by atoms with Crippen molar-refractivity contribution in [2.24, 2.45) is 0 Å². The number of aliphatic carboxylic acids is 1. The molecular formula is C13H11BrN4O3. The number of imidazole rings is 1. The van der Waals surface area contributed by atoms with Crippen LogP contribution in [0.1, 0.15) is 21.9 Å². The lowest BCUT2D eigenvalue weighted by molar-refractivity contribution is -0.142. The van der Waals surface area contributed by atoms with Gasteiger partial charge in [0.05, 0.1) is 24.3 Å². The van der Waals surface area contributed by atoms with E-state index in [1.54, 1.807) is 12.1 Å². The number of H-pyrrole nitrogens is 1. The van der Waals surface area contributed by atoms with Gasteiger partial charge in [-0.1, -0.05) is 0 Å². The van der Waals surface area contributed by atoms with Crippen LogP contribution in [-0.2, 0) is 17.8 Å². The second-order valence-electron chi connectivity index (χ2n) is 4.65. The fraction of sp³-hybridized carbons (Fsp3) is 0.231. The monoisotopic (exact) mass is 350 g/mol. The Hall–Kier alpha value is -2.22. The number of fused-ring (bicyclic) bond motifs is 1. The van der Waals surface area contributed by atoms with Gasteiger partial charge in [0.2, 0.25) is 0 Å². The Morgan fingerprint density at radius 3 is 2.95 bits per heavy atom. The van der Waals surface area contributed by atoms with Crippen molar-refractivity contribution in [2.75, 3.05) is 0 Å². The molecule has 0 saturated carbocycles. The van der Waals surface area contributed by atoms with E-state index >= 15 is 0 Å². The Balaban J connectivity index is 1.98. The van der Waals surface area contributed by atoms with E-state index in [1.807, 2.05) is 0 Å². The third-order valence-corrected chi connectivity index (χ3v) is 4.05. The van der Waals surface area contributed by atoms with E-state index in [9.17, 15) is 14.7 Å². The van der Waals surface area contributed by atoms with E-state index in [4.69, 9.17) is 0 Å². The number of nitrogens with zero attached hydrogens (tertiary/aromatic N) is 3. The summed E-state index contributed by atoms with van der Waals surface area (Å²) in [7, 11) is 0. The zero-order chi connectivity index (χ0) is 15.0. The number of nitrogens with one attached hydrogen (secondary N) is 1. The number of halogens is 1. The van der Waals surface area contributed by atoms with Crippen molar-refractivity contribution in [3.63, 3.8) is 0 Å². The first-order valence-electron chi connectivity index (χ1n) is 6.23. The third-order valence-electron chi connectivity index (χ3n) is 3.41. The van der Waals surface area contributed by atoms with E-state index in [-0.39, 0.29) is 18.7 Å². The van der Waals surface area contributed by atoms with Crippen LogP contribution in [0.5, 0.6) is 0 Å². The summed E-state index contributed by atoms with van der Waals surface area (Å²) in [5.74, 6) is -1.47. The van der Waals surface area contributed by atoms with Crippen LogP contribution < -0.4 is 0 Å². The number of hydrogen-bond acceptors (Lipinski definition) is 4. The average molecular weight is 351 g/mol. The molecule has 0 fully saturated rings. The molecule has 2 N–H and O–H groups in total. The minimum absolute atomic E-state index is 0.175. The number of rotatable bonds is 2. The molecule has 108 valence electrons. The zero-order valence-corrected chi connectivity index (χ0v) is 12.4. The van der Waals surface area contributed by atoms with Gasteiger partial charge in [-0.3, -0.25) is 4.79 Å². The van der Waals surface area contributed by atoms with Crippen LogP contribution in [-0.4, -0.2) is 42.9 Å². The number of aromatic nitrogens is 3. The molecule has 0 spiro atoms. The number of carbonyl (C=O) groups excluding carboxylic acids is 1. The molecule has 0 bridgehead atoms. The molecule has 7 nitrogen and oxygen atoms in total. The second-order valence-corrected chi connectivity index (χ2v) is 5.51. The first kappa shape index (κ1) is 13.7. The fourth-order valence-corrected chi connectivity index (χ4v) is 2.77. The maximum Gasteiger partial charge on any atom is 0.326 e. The third kappa shape index (κ3) is 2.42. The molecular weight excluding hydrogens is 340 g/mol. The molecule has 0 radical (unpaired) electrons. The second kappa shape index (κ2) is 5.28. The van der Waals surface area contributed by atoms with Crippen molar-refractivity contribution in [1.29, 1.82) is 0 Å². The van der Waals surface area contributed by atoms with Gasteiger partial charge < -0.3 is 15.0 Å². The van der Waals surface area contributed by atoms with Crippen molar-refractivity contribution in [3.8, 4) is 0 Å². The van der Waals surface area contributed by atoms with Crippen LogP contribution in [0.15, 0.2) is 29.1 Å². The average Bonchev–Trinajstić information content (AvgIpc) is 2.93. The van der Waals surface area contributed by atoms with E-state index in [0.29, 0.717) is 10.2 Å². The molecule has 2 aromatic rings. The summed E-state index contributed by atoms with van der Waals surface area (Å²) >= 11 is 3.27. The number of aromatic amines is 1. The summed E-state index contributed by atoms with van der Waals surface area (Å²) in [6.07, 6.45) is 3.19. The lowest BCUT2D eigenvalue weighted by Gasteiger charge is -2.32. The van der Waals surface area contributed by atoms with Gasteiger partial charge in [0, 0.05) is 17.1 Å². The van der Waals surface area contributed by atoms with Gasteiger partial charge in [0.25, 0.3) is 5.91 Å². The minimum Gasteiger partial charge on any atom is -0.480 e. The van der Waals surface area contributed by atoms with Crippen LogP contribution in [0.2, 0.25) is 0 Å².